The van der Waals surface area contributed by atoms with Gasteiger partial charge in [0, 0.05) is 21.9 Å². The van der Waals surface area contributed by atoms with Crippen LogP contribution in [-0.2, 0) is 13.0 Å². The average molecular weight is 543 g/mol. The largest absolute Gasteiger partial charge is 0.333 e. The zero-order valence-corrected chi connectivity index (χ0v) is 21.9. The number of imidazole rings is 1. The molecule has 0 atom stereocenters. The summed E-state index contributed by atoms with van der Waals surface area (Å²) in [6.07, 6.45) is 4.97. The van der Waals surface area contributed by atoms with Crippen LogP contribution >= 0.6 is 15.9 Å². The maximum Gasteiger partial charge on any atom is 0.333 e. The van der Waals surface area contributed by atoms with E-state index < -0.39 is 0 Å². The minimum atomic E-state index is -0.0247. The number of aromatic amines is 1. The van der Waals surface area contributed by atoms with Gasteiger partial charge in [0.05, 0.1) is 12.2 Å². The van der Waals surface area contributed by atoms with Crippen molar-refractivity contribution in [3.05, 3.63) is 105 Å². The highest BCUT2D eigenvalue weighted by atomic mass is 79.9. The molecule has 0 spiro atoms. The third-order valence-corrected chi connectivity index (χ3v) is 7.05. The SMILES string of the molecule is CCCCc1cn(-c2c(C)cccc2Br)c(=O)n1Cc1ccc(-c2ccccc2-c2nnn[nH]2)cc1. The monoisotopic (exact) mass is 542 g/mol. The fourth-order valence-corrected chi connectivity index (χ4v) is 5.19. The highest BCUT2D eigenvalue weighted by Crippen LogP contribution is 2.30. The number of H-pyrrole nitrogens is 1. The summed E-state index contributed by atoms with van der Waals surface area (Å²) in [5.74, 6) is 0.630. The van der Waals surface area contributed by atoms with E-state index in [1.165, 1.54) is 0 Å². The van der Waals surface area contributed by atoms with E-state index in [4.69, 9.17) is 0 Å². The first kappa shape index (κ1) is 23.9. The Morgan fingerprint density at radius 2 is 1.75 bits per heavy atom. The molecule has 0 amide bonds. The number of aromatic nitrogens is 6. The average Bonchev–Trinajstić information content (AvgIpc) is 3.53. The van der Waals surface area contributed by atoms with Crippen LogP contribution in [0, 0.1) is 6.92 Å². The molecule has 0 aliphatic rings. The second-order valence-corrected chi connectivity index (χ2v) is 9.71. The minimum absolute atomic E-state index is 0.0247. The number of nitrogens with one attached hydrogen (secondary N) is 1. The fourth-order valence-electron chi connectivity index (χ4n) is 4.53. The second kappa shape index (κ2) is 10.5. The van der Waals surface area contributed by atoms with E-state index in [-0.39, 0.29) is 5.69 Å². The van der Waals surface area contributed by atoms with Gasteiger partial charge in [0.15, 0.2) is 5.82 Å². The van der Waals surface area contributed by atoms with E-state index in [2.05, 4.69) is 73.8 Å². The molecular formula is C28H27BrN6O. The van der Waals surface area contributed by atoms with Crippen molar-refractivity contribution in [2.45, 2.75) is 39.7 Å². The summed E-state index contributed by atoms with van der Waals surface area (Å²) in [7, 11) is 0. The molecule has 182 valence electrons. The van der Waals surface area contributed by atoms with Gasteiger partial charge in [0.2, 0.25) is 0 Å². The van der Waals surface area contributed by atoms with Crippen molar-refractivity contribution < 1.29 is 0 Å². The topological polar surface area (TPSA) is 81.4 Å². The fraction of sp³-hybridized carbons (Fsp3) is 0.214. The van der Waals surface area contributed by atoms with Gasteiger partial charge in [-0.1, -0.05) is 74.0 Å². The quantitative estimate of drug-likeness (QED) is 0.262. The Labute approximate surface area is 218 Å². The molecule has 0 aliphatic heterocycles. The van der Waals surface area contributed by atoms with Gasteiger partial charge in [-0.2, -0.15) is 0 Å². The van der Waals surface area contributed by atoms with Crippen LogP contribution in [0.2, 0.25) is 0 Å². The molecular weight excluding hydrogens is 516 g/mol. The Morgan fingerprint density at radius 3 is 2.44 bits per heavy atom. The Bertz CT molecular complexity index is 1510. The lowest BCUT2D eigenvalue weighted by atomic mass is 9.98. The maximum atomic E-state index is 13.6. The van der Waals surface area contributed by atoms with Crippen LogP contribution in [0.25, 0.3) is 28.2 Å². The van der Waals surface area contributed by atoms with Gasteiger partial charge in [-0.15, -0.1) is 5.10 Å². The Morgan fingerprint density at radius 1 is 0.972 bits per heavy atom. The van der Waals surface area contributed by atoms with E-state index in [1.54, 1.807) is 4.57 Å². The lowest BCUT2D eigenvalue weighted by Crippen LogP contribution is -2.25. The zero-order valence-electron chi connectivity index (χ0n) is 20.3. The molecule has 0 saturated heterocycles. The van der Waals surface area contributed by atoms with Gasteiger partial charge in [0.1, 0.15) is 0 Å². The molecule has 0 bridgehead atoms. The van der Waals surface area contributed by atoms with Crippen LogP contribution in [0.4, 0.5) is 0 Å². The van der Waals surface area contributed by atoms with Gasteiger partial charge in [-0.3, -0.25) is 9.13 Å². The molecule has 5 rings (SSSR count). The summed E-state index contributed by atoms with van der Waals surface area (Å²) in [6.45, 7) is 4.71. The lowest BCUT2D eigenvalue weighted by Gasteiger charge is -2.10. The first-order valence-corrected chi connectivity index (χ1v) is 12.8. The minimum Gasteiger partial charge on any atom is -0.292 e. The maximum absolute atomic E-state index is 13.6. The van der Waals surface area contributed by atoms with Crippen molar-refractivity contribution in [1.82, 2.24) is 29.8 Å². The zero-order chi connectivity index (χ0) is 25.1. The molecule has 0 fully saturated rings. The number of tetrazole rings is 1. The van der Waals surface area contributed by atoms with Crippen molar-refractivity contribution in [2.24, 2.45) is 0 Å². The number of rotatable bonds is 8. The van der Waals surface area contributed by atoms with Crippen molar-refractivity contribution in [3.63, 3.8) is 0 Å². The summed E-state index contributed by atoms with van der Waals surface area (Å²) in [6, 6.07) is 22.4. The first-order valence-electron chi connectivity index (χ1n) is 12.1. The predicted molar refractivity (Wildman–Crippen MR) is 145 cm³/mol. The number of benzene rings is 3. The Kier molecular flexibility index (Phi) is 6.95. The van der Waals surface area contributed by atoms with E-state index in [0.29, 0.717) is 12.4 Å². The highest BCUT2D eigenvalue weighted by molar-refractivity contribution is 9.10. The predicted octanol–water partition coefficient (Wildman–Crippen LogP) is 5.95. The number of nitrogens with zero attached hydrogens (tertiary/aromatic N) is 5. The molecule has 36 heavy (non-hydrogen) atoms. The summed E-state index contributed by atoms with van der Waals surface area (Å²) in [5, 5.41) is 14.3. The molecule has 7 nitrogen and oxygen atoms in total. The number of para-hydroxylation sites is 1. The van der Waals surface area contributed by atoms with Gasteiger partial charge < -0.3 is 0 Å². The van der Waals surface area contributed by atoms with E-state index in [9.17, 15) is 4.79 Å². The third kappa shape index (κ3) is 4.68. The number of aryl methyl sites for hydroxylation is 2. The summed E-state index contributed by atoms with van der Waals surface area (Å²) >= 11 is 3.64. The molecule has 3 aromatic carbocycles. The van der Waals surface area contributed by atoms with Crippen LogP contribution in [0.5, 0.6) is 0 Å². The van der Waals surface area contributed by atoms with Gasteiger partial charge in [-0.05, 0) is 74.4 Å². The van der Waals surface area contributed by atoms with Gasteiger partial charge in [0.25, 0.3) is 0 Å². The first-order chi connectivity index (χ1) is 17.6. The number of hydrogen-bond donors (Lipinski definition) is 1. The normalized spacial score (nSPS) is 11.2. The van der Waals surface area contributed by atoms with Crippen LogP contribution in [0.3, 0.4) is 0 Å². The summed E-state index contributed by atoms with van der Waals surface area (Å²) in [4.78, 5) is 13.6. The lowest BCUT2D eigenvalue weighted by molar-refractivity contribution is 0.673. The molecule has 0 aliphatic carbocycles. The van der Waals surface area contributed by atoms with E-state index in [0.717, 1.165) is 62.9 Å². The van der Waals surface area contributed by atoms with Crippen molar-refractivity contribution >= 4 is 15.9 Å². The molecule has 0 saturated carbocycles. The molecule has 0 unspecified atom stereocenters. The van der Waals surface area contributed by atoms with Gasteiger partial charge >= 0.3 is 5.69 Å². The molecule has 1 N–H and O–H groups in total. The van der Waals surface area contributed by atoms with Crippen LogP contribution in [-0.4, -0.2) is 29.8 Å². The smallest absolute Gasteiger partial charge is 0.292 e. The van der Waals surface area contributed by atoms with Crippen molar-refractivity contribution in [1.29, 1.82) is 0 Å². The van der Waals surface area contributed by atoms with Crippen LogP contribution in [0.1, 0.15) is 36.6 Å². The van der Waals surface area contributed by atoms with E-state index in [1.807, 2.05) is 54.1 Å². The molecule has 5 aromatic rings. The molecule has 2 aromatic heterocycles. The van der Waals surface area contributed by atoms with Crippen molar-refractivity contribution in [3.8, 4) is 28.2 Å². The highest BCUT2D eigenvalue weighted by Gasteiger charge is 2.16. The molecule has 0 radical (unpaired) electrons. The Hall–Kier alpha value is -3.78. The second-order valence-electron chi connectivity index (χ2n) is 8.86. The van der Waals surface area contributed by atoms with Crippen molar-refractivity contribution in [2.75, 3.05) is 0 Å². The van der Waals surface area contributed by atoms with Crippen LogP contribution in [0.15, 0.2) is 82.2 Å². The molecule has 2 heterocycles. The third-order valence-electron chi connectivity index (χ3n) is 6.41. The molecule has 8 heteroatoms. The van der Waals surface area contributed by atoms with Crippen LogP contribution < -0.4 is 5.69 Å². The number of unbranched alkanes of at least 4 members (excludes halogenated alkanes) is 1. The standard InChI is InChI=1S/C28H27BrN6O/c1-3-4-9-22-18-35(26-19(2)8-7-12-25(26)29)28(36)34(22)17-20-13-15-21(16-14-20)23-10-5-6-11-24(23)27-30-32-33-31-27/h5-8,10-16,18H,3-4,9,17H2,1-2H3,(H,30,31,32,33). The number of hydrogen-bond acceptors (Lipinski definition) is 4. The number of halogens is 1. The summed E-state index contributed by atoms with van der Waals surface area (Å²) < 4.78 is 4.59. The van der Waals surface area contributed by atoms with Gasteiger partial charge in [-0.25, -0.2) is 9.89 Å². The Balaban J connectivity index is 1.49. The summed E-state index contributed by atoms with van der Waals surface area (Å²) in [5.41, 5.74) is 7.08. The van der Waals surface area contributed by atoms with E-state index >= 15 is 0 Å².